The quantitative estimate of drug-likeness (QED) is 0.715. The number of ether oxygens (including phenoxy) is 1. The Balaban J connectivity index is 2.72. The first-order valence-electron chi connectivity index (χ1n) is 6.84. The third-order valence-electron chi connectivity index (χ3n) is 2.80. The molecule has 0 fully saturated rings. The van der Waals surface area contributed by atoms with Gasteiger partial charge >= 0.3 is 0 Å². The lowest BCUT2D eigenvalue weighted by Gasteiger charge is -2.19. The fourth-order valence-electron chi connectivity index (χ4n) is 1.79. The van der Waals surface area contributed by atoms with Crippen LogP contribution in [0.25, 0.3) is 0 Å². The number of nitrogens with one attached hydrogen (secondary N) is 2. The summed E-state index contributed by atoms with van der Waals surface area (Å²) in [5.74, 6) is -0.706. The highest BCUT2D eigenvalue weighted by Crippen LogP contribution is 2.15. The van der Waals surface area contributed by atoms with Gasteiger partial charge in [-0.1, -0.05) is 6.07 Å². The van der Waals surface area contributed by atoms with Crippen molar-refractivity contribution in [3.63, 3.8) is 0 Å². The SMILES string of the molecule is COCCN(CC(=O)Nc1cccc(NC(C)=O)c1)S(C)(=O)=O. The number of carbonyl (C=O) groups is 2. The first-order valence-corrected chi connectivity index (χ1v) is 8.69. The number of nitrogens with zero attached hydrogens (tertiary/aromatic N) is 1. The minimum absolute atomic E-state index is 0.0919. The molecule has 1 aromatic rings. The zero-order valence-electron chi connectivity index (χ0n) is 13.3. The standard InChI is InChI=1S/C14H21N3O5S/c1-11(18)15-12-5-4-6-13(9-12)16-14(19)10-17(7-8-22-2)23(3,20)21/h4-6,9H,7-8,10H2,1-3H3,(H,15,18)(H,16,19). The molecular formula is C14H21N3O5S. The Labute approximate surface area is 135 Å². The lowest BCUT2D eigenvalue weighted by molar-refractivity contribution is -0.116. The molecule has 1 rings (SSSR count). The van der Waals surface area contributed by atoms with E-state index < -0.39 is 15.9 Å². The van der Waals surface area contributed by atoms with Crippen molar-refractivity contribution in [3.05, 3.63) is 24.3 Å². The van der Waals surface area contributed by atoms with Gasteiger partial charge < -0.3 is 15.4 Å². The molecule has 0 aliphatic heterocycles. The van der Waals surface area contributed by atoms with Gasteiger partial charge in [0.15, 0.2) is 0 Å². The highest BCUT2D eigenvalue weighted by molar-refractivity contribution is 7.88. The molecule has 0 saturated carbocycles. The van der Waals surface area contributed by atoms with Crippen molar-refractivity contribution in [2.75, 3.05) is 43.7 Å². The fourth-order valence-corrected chi connectivity index (χ4v) is 2.55. The third kappa shape index (κ3) is 7.22. The van der Waals surface area contributed by atoms with Crippen LogP contribution in [0.3, 0.4) is 0 Å². The van der Waals surface area contributed by atoms with E-state index in [-0.39, 0.29) is 25.6 Å². The van der Waals surface area contributed by atoms with Crippen molar-refractivity contribution in [1.29, 1.82) is 0 Å². The molecule has 0 bridgehead atoms. The Morgan fingerprint density at radius 3 is 2.35 bits per heavy atom. The summed E-state index contributed by atoms with van der Waals surface area (Å²) in [6.07, 6.45) is 1.04. The zero-order chi connectivity index (χ0) is 17.5. The van der Waals surface area contributed by atoms with Crippen LogP contribution in [-0.4, -0.2) is 57.6 Å². The molecule has 128 valence electrons. The molecule has 8 nitrogen and oxygen atoms in total. The van der Waals surface area contributed by atoms with Crippen LogP contribution in [0.5, 0.6) is 0 Å². The first kappa shape index (κ1) is 19.1. The van der Waals surface area contributed by atoms with E-state index in [0.717, 1.165) is 10.6 Å². The summed E-state index contributed by atoms with van der Waals surface area (Å²) in [6, 6.07) is 6.57. The third-order valence-corrected chi connectivity index (χ3v) is 4.05. The molecule has 0 atom stereocenters. The Morgan fingerprint density at radius 1 is 1.22 bits per heavy atom. The number of methoxy groups -OCH3 is 1. The summed E-state index contributed by atoms with van der Waals surface area (Å²) < 4.78 is 29.2. The van der Waals surface area contributed by atoms with Crippen LogP contribution in [0.2, 0.25) is 0 Å². The van der Waals surface area contributed by atoms with Crippen LogP contribution in [0.1, 0.15) is 6.92 Å². The molecule has 9 heteroatoms. The van der Waals surface area contributed by atoms with Crippen molar-refractivity contribution in [2.45, 2.75) is 6.92 Å². The molecule has 0 heterocycles. The van der Waals surface area contributed by atoms with Crippen LogP contribution in [0.4, 0.5) is 11.4 Å². The van der Waals surface area contributed by atoms with E-state index in [1.807, 2.05) is 0 Å². The van der Waals surface area contributed by atoms with Gasteiger partial charge in [0.25, 0.3) is 0 Å². The average Bonchev–Trinajstić information content (AvgIpc) is 2.41. The number of hydrogen-bond donors (Lipinski definition) is 2. The van der Waals surface area contributed by atoms with Gasteiger partial charge in [-0.3, -0.25) is 9.59 Å². The Hall–Kier alpha value is -1.97. The fraction of sp³-hybridized carbons (Fsp3) is 0.429. The second-order valence-corrected chi connectivity index (χ2v) is 6.88. The van der Waals surface area contributed by atoms with E-state index >= 15 is 0 Å². The summed E-state index contributed by atoms with van der Waals surface area (Å²) >= 11 is 0. The summed E-state index contributed by atoms with van der Waals surface area (Å²) in [7, 11) is -2.06. The number of benzene rings is 1. The molecule has 1 aromatic carbocycles. The summed E-state index contributed by atoms with van der Waals surface area (Å²) in [5, 5.41) is 5.20. The van der Waals surface area contributed by atoms with Gasteiger partial charge in [-0.15, -0.1) is 0 Å². The number of amides is 2. The van der Waals surface area contributed by atoms with Crippen molar-refractivity contribution in [3.8, 4) is 0 Å². The maximum atomic E-state index is 12.0. The van der Waals surface area contributed by atoms with Crippen LogP contribution >= 0.6 is 0 Å². The summed E-state index contributed by atoms with van der Waals surface area (Å²) in [4.78, 5) is 23.0. The predicted octanol–water partition coefficient (Wildman–Crippen LogP) is 0.492. The van der Waals surface area contributed by atoms with Gasteiger partial charge in [0.05, 0.1) is 19.4 Å². The van der Waals surface area contributed by atoms with Gasteiger partial charge in [-0.05, 0) is 18.2 Å². The van der Waals surface area contributed by atoms with E-state index in [1.54, 1.807) is 24.3 Å². The lowest BCUT2D eigenvalue weighted by atomic mass is 10.2. The maximum absolute atomic E-state index is 12.0. The molecule has 0 saturated heterocycles. The molecule has 0 aliphatic carbocycles. The summed E-state index contributed by atoms with van der Waals surface area (Å²) in [6.45, 7) is 1.35. The van der Waals surface area contributed by atoms with Crippen molar-refractivity contribution in [1.82, 2.24) is 4.31 Å². The molecule has 0 aromatic heterocycles. The van der Waals surface area contributed by atoms with Gasteiger partial charge in [0.2, 0.25) is 21.8 Å². The number of rotatable bonds is 8. The predicted molar refractivity (Wildman–Crippen MR) is 87.7 cm³/mol. The first-order chi connectivity index (χ1) is 10.7. The number of anilines is 2. The minimum Gasteiger partial charge on any atom is -0.383 e. The summed E-state index contributed by atoms with van der Waals surface area (Å²) in [5.41, 5.74) is 0.996. The molecule has 0 unspecified atom stereocenters. The van der Waals surface area contributed by atoms with Crippen molar-refractivity contribution < 1.29 is 22.7 Å². The van der Waals surface area contributed by atoms with Crippen molar-refractivity contribution in [2.24, 2.45) is 0 Å². The Morgan fingerprint density at radius 2 is 1.83 bits per heavy atom. The number of carbonyl (C=O) groups excluding carboxylic acids is 2. The smallest absolute Gasteiger partial charge is 0.239 e. The van der Waals surface area contributed by atoms with Crippen LogP contribution in [0.15, 0.2) is 24.3 Å². The molecule has 23 heavy (non-hydrogen) atoms. The maximum Gasteiger partial charge on any atom is 0.239 e. The highest BCUT2D eigenvalue weighted by Gasteiger charge is 2.19. The van der Waals surface area contributed by atoms with E-state index in [2.05, 4.69) is 10.6 Å². The van der Waals surface area contributed by atoms with E-state index in [4.69, 9.17) is 4.74 Å². The highest BCUT2D eigenvalue weighted by atomic mass is 32.2. The normalized spacial score (nSPS) is 11.3. The molecule has 0 radical (unpaired) electrons. The largest absolute Gasteiger partial charge is 0.383 e. The molecule has 0 spiro atoms. The van der Waals surface area contributed by atoms with E-state index in [0.29, 0.717) is 11.4 Å². The van der Waals surface area contributed by atoms with Crippen LogP contribution in [-0.2, 0) is 24.3 Å². The number of sulfonamides is 1. The Kier molecular flexibility index (Phi) is 7.14. The van der Waals surface area contributed by atoms with Crippen LogP contribution in [0, 0.1) is 0 Å². The van der Waals surface area contributed by atoms with E-state index in [9.17, 15) is 18.0 Å². The second kappa shape index (κ2) is 8.61. The Bertz CT molecular complexity index is 660. The molecule has 2 amide bonds. The minimum atomic E-state index is -3.51. The molecule has 0 aliphatic rings. The van der Waals surface area contributed by atoms with Gasteiger partial charge in [-0.25, -0.2) is 8.42 Å². The van der Waals surface area contributed by atoms with E-state index in [1.165, 1.54) is 14.0 Å². The number of hydrogen-bond acceptors (Lipinski definition) is 5. The van der Waals surface area contributed by atoms with Gasteiger partial charge in [-0.2, -0.15) is 4.31 Å². The second-order valence-electron chi connectivity index (χ2n) is 4.90. The topological polar surface area (TPSA) is 105 Å². The van der Waals surface area contributed by atoms with Gasteiger partial charge in [0.1, 0.15) is 0 Å². The van der Waals surface area contributed by atoms with Gasteiger partial charge in [0, 0.05) is 32.0 Å². The van der Waals surface area contributed by atoms with Crippen molar-refractivity contribution >= 4 is 33.2 Å². The average molecular weight is 343 g/mol. The van der Waals surface area contributed by atoms with Crippen LogP contribution < -0.4 is 10.6 Å². The monoisotopic (exact) mass is 343 g/mol. The zero-order valence-corrected chi connectivity index (χ0v) is 14.1. The lowest BCUT2D eigenvalue weighted by Crippen LogP contribution is -2.39. The molecular weight excluding hydrogens is 322 g/mol. The molecule has 2 N–H and O–H groups in total.